The molecule has 0 fully saturated rings. The van der Waals surface area contributed by atoms with Crippen LogP contribution in [0, 0.1) is 0 Å². The Morgan fingerprint density at radius 1 is 1.26 bits per heavy atom. The summed E-state index contributed by atoms with van der Waals surface area (Å²) in [4.78, 5) is 15.5. The third kappa shape index (κ3) is 3.96. The fourth-order valence-corrected chi connectivity index (χ4v) is 1.75. The number of carbonyl (C=O) groups excluding carboxylic acids is 1. The zero-order chi connectivity index (χ0) is 13.7. The molecule has 1 heterocycles. The van der Waals surface area contributed by atoms with E-state index in [1.807, 2.05) is 24.3 Å². The smallest absolute Gasteiger partial charge is 0.252 e. The maximum absolute atomic E-state index is 11.8. The number of hydrogen-bond donors (Lipinski definition) is 2. The summed E-state index contributed by atoms with van der Waals surface area (Å²) in [5, 5.41) is 12.7. The highest BCUT2D eigenvalue weighted by Gasteiger charge is 2.06. The first kappa shape index (κ1) is 13.4. The lowest BCUT2D eigenvalue weighted by Gasteiger charge is -2.05. The lowest BCUT2D eigenvalue weighted by atomic mass is 10.1. The van der Waals surface area contributed by atoms with E-state index in [9.17, 15) is 9.90 Å². The van der Waals surface area contributed by atoms with E-state index >= 15 is 0 Å². The van der Waals surface area contributed by atoms with Crippen molar-refractivity contribution >= 4 is 17.5 Å². The molecule has 0 saturated heterocycles. The second-order valence-electron chi connectivity index (χ2n) is 4.06. The van der Waals surface area contributed by atoms with Gasteiger partial charge in [-0.2, -0.15) is 0 Å². The number of benzene rings is 1. The van der Waals surface area contributed by atoms with E-state index in [-0.39, 0.29) is 11.7 Å². The third-order valence-electron chi connectivity index (χ3n) is 2.60. The summed E-state index contributed by atoms with van der Waals surface area (Å²) >= 11 is 5.79. The van der Waals surface area contributed by atoms with Crippen molar-refractivity contribution in [2.75, 3.05) is 6.54 Å². The molecular formula is C14H13ClN2O2. The molecule has 5 heteroatoms. The molecule has 2 N–H and O–H groups in total. The second kappa shape index (κ2) is 6.20. The molecule has 0 saturated carbocycles. The monoisotopic (exact) mass is 276 g/mol. The number of rotatable bonds is 4. The number of amides is 1. The number of aromatic nitrogens is 1. The molecule has 0 spiro atoms. The standard InChI is InChI=1S/C14H13ClN2O2/c15-12-3-1-10(2-4-12)5-6-17-14(19)11-7-13(18)9-16-8-11/h1-4,7-9,18H,5-6H2,(H,17,19). The van der Waals surface area contributed by atoms with Crippen molar-refractivity contribution < 1.29 is 9.90 Å². The molecule has 1 aromatic heterocycles. The van der Waals surface area contributed by atoms with Crippen molar-refractivity contribution in [3.63, 3.8) is 0 Å². The normalized spacial score (nSPS) is 10.2. The largest absolute Gasteiger partial charge is 0.506 e. The lowest BCUT2D eigenvalue weighted by Crippen LogP contribution is -2.25. The summed E-state index contributed by atoms with van der Waals surface area (Å²) < 4.78 is 0. The van der Waals surface area contributed by atoms with Crippen LogP contribution in [-0.4, -0.2) is 22.5 Å². The third-order valence-corrected chi connectivity index (χ3v) is 2.85. The lowest BCUT2D eigenvalue weighted by molar-refractivity contribution is 0.0953. The van der Waals surface area contributed by atoms with Crippen LogP contribution < -0.4 is 5.32 Å². The van der Waals surface area contributed by atoms with Crippen LogP contribution in [0.4, 0.5) is 0 Å². The van der Waals surface area contributed by atoms with E-state index in [2.05, 4.69) is 10.3 Å². The Labute approximate surface area is 116 Å². The Bertz CT molecular complexity index is 570. The van der Waals surface area contributed by atoms with Crippen molar-refractivity contribution in [2.45, 2.75) is 6.42 Å². The molecule has 0 radical (unpaired) electrons. The number of nitrogens with zero attached hydrogens (tertiary/aromatic N) is 1. The first-order chi connectivity index (χ1) is 9.15. The van der Waals surface area contributed by atoms with Crippen molar-refractivity contribution in [2.24, 2.45) is 0 Å². The van der Waals surface area contributed by atoms with Gasteiger partial charge in [0.2, 0.25) is 0 Å². The fourth-order valence-electron chi connectivity index (χ4n) is 1.63. The highest BCUT2D eigenvalue weighted by Crippen LogP contribution is 2.10. The predicted molar refractivity (Wildman–Crippen MR) is 73.4 cm³/mol. The molecule has 0 aliphatic heterocycles. The highest BCUT2D eigenvalue weighted by molar-refractivity contribution is 6.30. The molecule has 2 rings (SSSR count). The first-order valence-corrected chi connectivity index (χ1v) is 6.19. The van der Waals surface area contributed by atoms with E-state index in [1.165, 1.54) is 18.5 Å². The fraction of sp³-hybridized carbons (Fsp3) is 0.143. The van der Waals surface area contributed by atoms with Crippen molar-refractivity contribution in [1.82, 2.24) is 10.3 Å². The van der Waals surface area contributed by atoms with E-state index in [0.717, 1.165) is 12.0 Å². The average Bonchev–Trinajstić information content (AvgIpc) is 2.41. The molecule has 1 amide bonds. The average molecular weight is 277 g/mol. The predicted octanol–water partition coefficient (Wildman–Crippen LogP) is 2.41. The minimum absolute atomic E-state index is 0.0228. The van der Waals surface area contributed by atoms with Gasteiger partial charge < -0.3 is 10.4 Å². The highest BCUT2D eigenvalue weighted by atomic mass is 35.5. The topological polar surface area (TPSA) is 62.2 Å². The minimum Gasteiger partial charge on any atom is -0.506 e. The SMILES string of the molecule is O=C(NCCc1ccc(Cl)cc1)c1cncc(O)c1. The number of nitrogens with one attached hydrogen (secondary N) is 1. The van der Waals surface area contributed by atoms with Gasteiger partial charge in [0.1, 0.15) is 5.75 Å². The Hall–Kier alpha value is -2.07. The van der Waals surface area contributed by atoms with Crippen LogP contribution in [0.3, 0.4) is 0 Å². The molecule has 0 aliphatic rings. The number of pyridine rings is 1. The summed E-state index contributed by atoms with van der Waals surface area (Å²) in [6, 6.07) is 8.86. The van der Waals surface area contributed by atoms with Crippen LogP contribution in [0.5, 0.6) is 5.75 Å². The molecule has 0 atom stereocenters. The van der Waals surface area contributed by atoms with Crippen LogP contribution in [0.2, 0.25) is 5.02 Å². The van der Waals surface area contributed by atoms with Crippen LogP contribution in [-0.2, 0) is 6.42 Å². The molecule has 98 valence electrons. The Morgan fingerprint density at radius 3 is 2.68 bits per heavy atom. The molecule has 19 heavy (non-hydrogen) atoms. The second-order valence-corrected chi connectivity index (χ2v) is 4.50. The van der Waals surface area contributed by atoms with Crippen molar-refractivity contribution in [3.8, 4) is 5.75 Å². The number of carbonyl (C=O) groups is 1. The van der Waals surface area contributed by atoms with Gasteiger partial charge in [-0.15, -0.1) is 0 Å². The number of aromatic hydroxyl groups is 1. The first-order valence-electron chi connectivity index (χ1n) is 5.82. The molecule has 4 nitrogen and oxygen atoms in total. The van der Waals surface area contributed by atoms with Gasteiger partial charge in [-0.05, 0) is 30.2 Å². The van der Waals surface area contributed by atoms with Gasteiger partial charge in [0, 0.05) is 17.8 Å². The molecular weight excluding hydrogens is 264 g/mol. The molecule has 0 aliphatic carbocycles. The summed E-state index contributed by atoms with van der Waals surface area (Å²) in [6.07, 6.45) is 3.41. The van der Waals surface area contributed by atoms with Gasteiger partial charge in [-0.3, -0.25) is 9.78 Å². The van der Waals surface area contributed by atoms with E-state index < -0.39 is 0 Å². The number of hydrogen-bond acceptors (Lipinski definition) is 3. The maximum Gasteiger partial charge on any atom is 0.252 e. The van der Waals surface area contributed by atoms with Gasteiger partial charge >= 0.3 is 0 Å². The van der Waals surface area contributed by atoms with E-state index in [4.69, 9.17) is 11.6 Å². The summed E-state index contributed by atoms with van der Waals surface area (Å²) in [5.41, 5.74) is 1.44. The van der Waals surface area contributed by atoms with Gasteiger partial charge in [-0.1, -0.05) is 23.7 Å². The Kier molecular flexibility index (Phi) is 4.36. The number of halogens is 1. The summed E-state index contributed by atoms with van der Waals surface area (Å²) in [5.74, 6) is -0.275. The maximum atomic E-state index is 11.8. The van der Waals surface area contributed by atoms with Gasteiger partial charge in [0.25, 0.3) is 5.91 Å². The minimum atomic E-state index is -0.252. The molecule has 1 aromatic carbocycles. The molecule has 0 unspecified atom stereocenters. The quantitative estimate of drug-likeness (QED) is 0.901. The van der Waals surface area contributed by atoms with E-state index in [0.29, 0.717) is 17.1 Å². The Balaban J connectivity index is 1.86. The van der Waals surface area contributed by atoms with Crippen molar-refractivity contribution in [1.29, 1.82) is 0 Å². The van der Waals surface area contributed by atoms with Crippen LogP contribution in [0.15, 0.2) is 42.7 Å². The van der Waals surface area contributed by atoms with Crippen LogP contribution in [0.25, 0.3) is 0 Å². The summed E-state index contributed by atoms with van der Waals surface area (Å²) in [7, 11) is 0. The van der Waals surface area contributed by atoms with Crippen molar-refractivity contribution in [3.05, 3.63) is 58.9 Å². The zero-order valence-electron chi connectivity index (χ0n) is 10.1. The van der Waals surface area contributed by atoms with Gasteiger partial charge in [0.15, 0.2) is 0 Å². The van der Waals surface area contributed by atoms with Gasteiger partial charge in [0.05, 0.1) is 11.8 Å². The Morgan fingerprint density at radius 2 is 2.00 bits per heavy atom. The van der Waals surface area contributed by atoms with Crippen LogP contribution in [0.1, 0.15) is 15.9 Å². The molecule has 2 aromatic rings. The van der Waals surface area contributed by atoms with Gasteiger partial charge in [-0.25, -0.2) is 0 Å². The van der Waals surface area contributed by atoms with Crippen LogP contribution >= 0.6 is 11.6 Å². The zero-order valence-corrected chi connectivity index (χ0v) is 10.9. The molecule has 0 bridgehead atoms. The van der Waals surface area contributed by atoms with E-state index in [1.54, 1.807) is 0 Å². The summed E-state index contributed by atoms with van der Waals surface area (Å²) in [6.45, 7) is 0.510.